The van der Waals surface area contributed by atoms with Crippen molar-refractivity contribution in [3.8, 4) is 0 Å². The molecule has 0 aliphatic heterocycles. The molecule has 1 aromatic heterocycles. The minimum Gasteiger partial charge on any atom is -0.477 e. The molecule has 5 nitrogen and oxygen atoms in total. The molecule has 2 N–H and O–H groups in total. The van der Waals surface area contributed by atoms with Gasteiger partial charge in [-0.2, -0.15) is 0 Å². The van der Waals surface area contributed by atoms with Gasteiger partial charge in [0, 0.05) is 19.1 Å². The highest BCUT2D eigenvalue weighted by Gasteiger charge is 2.25. The molecule has 6 heteroatoms. The molecule has 1 fully saturated rings. The topological polar surface area (TPSA) is 69.6 Å². The summed E-state index contributed by atoms with van der Waals surface area (Å²) in [7, 11) is 2.05. The number of carbonyl (C=O) groups excluding carboxylic acids is 1. The van der Waals surface area contributed by atoms with Crippen molar-refractivity contribution >= 4 is 23.2 Å². The average Bonchev–Trinajstić information content (AvgIpc) is 3.05. The predicted octanol–water partition coefficient (Wildman–Crippen LogP) is 1.27. The Bertz CT molecular complexity index is 454. The number of carboxylic acid groups (broad SMARTS) is 1. The van der Waals surface area contributed by atoms with Crippen LogP contribution in [0.3, 0.4) is 0 Å². The van der Waals surface area contributed by atoms with Crippen LogP contribution in [0.25, 0.3) is 0 Å². The normalized spacial score (nSPS) is 14.8. The SMILES string of the molecule is CN(CCNC(=O)c1ccc(C(=O)O)s1)C1CC1. The Morgan fingerprint density at radius 3 is 2.67 bits per heavy atom. The number of hydrogen-bond donors (Lipinski definition) is 2. The van der Waals surface area contributed by atoms with E-state index in [0.717, 1.165) is 17.9 Å². The number of amides is 1. The summed E-state index contributed by atoms with van der Waals surface area (Å²) < 4.78 is 0. The zero-order valence-electron chi connectivity index (χ0n) is 10.2. The van der Waals surface area contributed by atoms with Crippen molar-refractivity contribution in [1.82, 2.24) is 10.2 Å². The van der Waals surface area contributed by atoms with Gasteiger partial charge < -0.3 is 15.3 Å². The first-order valence-corrected chi connectivity index (χ1v) is 6.71. The molecule has 1 aromatic rings. The van der Waals surface area contributed by atoms with Gasteiger partial charge in [0.05, 0.1) is 4.88 Å². The van der Waals surface area contributed by atoms with Crippen LogP contribution in [0.4, 0.5) is 0 Å². The van der Waals surface area contributed by atoms with Crippen LogP contribution in [0, 0.1) is 0 Å². The first-order valence-electron chi connectivity index (χ1n) is 5.89. The molecule has 0 aromatic carbocycles. The van der Waals surface area contributed by atoms with Crippen LogP contribution in [0.2, 0.25) is 0 Å². The lowest BCUT2D eigenvalue weighted by molar-refractivity contribution is 0.0702. The molecule has 0 atom stereocenters. The van der Waals surface area contributed by atoms with E-state index < -0.39 is 5.97 Å². The Morgan fingerprint density at radius 1 is 1.44 bits per heavy atom. The lowest BCUT2D eigenvalue weighted by Gasteiger charge is -2.15. The molecule has 1 heterocycles. The zero-order chi connectivity index (χ0) is 13.1. The van der Waals surface area contributed by atoms with Crippen LogP contribution in [0.5, 0.6) is 0 Å². The Kier molecular flexibility index (Phi) is 3.98. The second-order valence-corrected chi connectivity index (χ2v) is 5.52. The maximum atomic E-state index is 11.7. The lowest BCUT2D eigenvalue weighted by atomic mass is 10.4. The van der Waals surface area contributed by atoms with Gasteiger partial charge in [-0.1, -0.05) is 0 Å². The number of rotatable bonds is 6. The molecule has 18 heavy (non-hydrogen) atoms. The van der Waals surface area contributed by atoms with Crippen molar-refractivity contribution in [3.05, 3.63) is 21.9 Å². The molecule has 1 saturated carbocycles. The van der Waals surface area contributed by atoms with E-state index in [2.05, 4.69) is 17.3 Å². The van der Waals surface area contributed by atoms with Crippen LogP contribution >= 0.6 is 11.3 Å². The van der Waals surface area contributed by atoms with Crippen LogP contribution in [-0.4, -0.2) is 48.1 Å². The number of nitrogens with zero attached hydrogens (tertiary/aromatic N) is 1. The number of thiophene rings is 1. The molecule has 2 rings (SSSR count). The second-order valence-electron chi connectivity index (χ2n) is 4.44. The number of likely N-dealkylation sites (N-methyl/N-ethyl adjacent to an activating group) is 1. The van der Waals surface area contributed by atoms with E-state index in [4.69, 9.17) is 5.11 Å². The maximum absolute atomic E-state index is 11.7. The van der Waals surface area contributed by atoms with E-state index >= 15 is 0 Å². The molecule has 1 aliphatic carbocycles. The fourth-order valence-corrected chi connectivity index (χ4v) is 2.47. The highest BCUT2D eigenvalue weighted by atomic mass is 32.1. The second kappa shape index (κ2) is 5.49. The summed E-state index contributed by atoms with van der Waals surface area (Å²) in [6.07, 6.45) is 2.49. The summed E-state index contributed by atoms with van der Waals surface area (Å²) in [5, 5.41) is 11.6. The Balaban J connectivity index is 1.77. The molecule has 0 radical (unpaired) electrons. The van der Waals surface area contributed by atoms with E-state index in [1.807, 2.05) is 0 Å². The monoisotopic (exact) mass is 268 g/mol. The minimum atomic E-state index is -0.993. The molecule has 0 saturated heterocycles. The van der Waals surface area contributed by atoms with Gasteiger partial charge in [-0.15, -0.1) is 11.3 Å². The van der Waals surface area contributed by atoms with E-state index in [1.165, 1.54) is 18.9 Å². The van der Waals surface area contributed by atoms with Gasteiger partial charge in [-0.05, 0) is 32.0 Å². The van der Waals surface area contributed by atoms with E-state index in [9.17, 15) is 9.59 Å². The van der Waals surface area contributed by atoms with E-state index in [1.54, 1.807) is 6.07 Å². The Hall–Kier alpha value is -1.40. The molecule has 98 valence electrons. The average molecular weight is 268 g/mol. The first kappa shape index (κ1) is 13.0. The Labute approximate surface area is 109 Å². The van der Waals surface area contributed by atoms with Gasteiger partial charge in [0.2, 0.25) is 0 Å². The number of aromatic carboxylic acids is 1. The van der Waals surface area contributed by atoms with Gasteiger partial charge in [-0.25, -0.2) is 4.79 Å². The standard InChI is InChI=1S/C12H16N2O3S/c1-14(8-2-3-8)7-6-13-11(15)9-4-5-10(18-9)12(16)17/h4-5,8H,2-3,6-7H2,1H3,(H,13,15)(H,16,17). The maximum Gasteiger partial charge on any atom is 0.345 e. The highest BCUT2D eigenvalue weighted by molar-refractivity contribution is 7.15. The predicted molar refractivity (Wildman–Crippen MR) is 69.3 cm³/mol. The van der Waals surface area contributed by atoms with Gasteiger partial charge in [-0.3, -0.25) is 4.79 Å². The molecule has 1 amide bonds. The summed E-state index contributed by atoms with van der Waals surface area (Å²) in [6.45, 7) is 1.42. The lowest BCUT2D eigenvalue weighted by Crippen LogP contribution is -2.33. The largest absolute Gasteiger partial charge is 0.477 e. The summed E-state index contributed by atoms with van der Waals surface area (Å²) in [4.78, 5) is 25.3. The summed E-state index contributed by atoms with van der Waals surface area (Å²) in [6, 6.07) is 3.69. The highest BCUT2D eigenvalue weighted by Crippen LogP contribution is 2.24. The van der Waals surface area contributed by atoms with Crippen LogP contribution < -0.4 is 5.32 Å². The van der Waals surface area contributed by atoms with Gasteiger partial charge in [0.25, 0.3) is 5.91 Å². The first-order chi connectivity index (χ1) is 8.58. The molecule has 0 bridgehead atoms. The Morgan fingerprint density at radius 2 is 2.11 bits per heavy atom. The number of hydrogen-bond acceptors (Lipinski definition) is 4. The van der Waals surface area contributed by atoms with E-state index in [-0.39, 0.29) is 10.8 Å². The minimum absolute atomic E-state index is 0.190. The van der Waals surface area contributed by atoms with Crippen molar-refractivity contribution in [2.45, 2.75) is 18.9 Å². The summed E-state index contributed by atoms with van der Waals surface area (Å²) in [5.74, 6) is -1.19. The number of nitrogens with one attached hydrogen (secondary N) is 1. The third-order valence-corrected chi connectivity index (χ3v) is 4.03. The van der Waals surface area contributed by atoms with Crippen molar-refractivity contribution < 1.29 is 14.7 Å². The summed E-state index contributed by atoms with van der Waals surface area (Å²) in [5.41, 5.74) is 0. The fraction of sp³-hybridized carbons (Fsp3) is 0.500. The third-order valence-electron chi connectivity index (χ3n) is 2.96. The van der Waals surface area contributed by atoms with Crippen molar-refractivity contribution in [2.75, 3.05) is 20.1 Å². The van der Waals surface area contributed by atoms with Crippen molar-refractivity contribution in [3.63, 3.8) is 0 Å². The zero-order valence-corrected chi connectivity index (χ0v) is 11.0. The quantitative estimate of drug-likeness (QED) is 0.815. The fourth-order valence-electron chi connectivity index (χ4n) is 1.71. The van der Waals surface area contributed by atoms with Crippen LogP contribution in [0.15, 0.2) is 12.1 Å². The number of carbonyl (C=O) groups is 2. The smallest absolute Gasteiger partial charge is 0.345 e. The molecule has 0 unspecified atom stereocenters. The van der Waals surface area contributed by atoms with Crippen LogP contribution in [0.1, 0.15) is 32.2 Å². The van der Waals surface area contributed by atoms with Crippen molar-refractivity contribution in [1.29, 1.82) is 0 Å². The molecular weight excluding hydrogens is 252 g/mol. The number of carboxylic acids is 1. The van der Waals surface area contributed by atoms with Gasteiger partial charge in [0.1, 0.15) is 4.88 Å². The third kappa shape index (κ3) is 3.30. The molecule has 0 spiro atoms. The van der Waals surface area contributed by atoms with Crippen molar-refractivity contribution in [2.24, 2.45) is 0 Å². The van der Waals surface area contributed by atoms with Crippen LogP contribution in [-0.2, 0) is 0 Å². The van der Waals surface area contributed by atoms with E-state index in [0.29, 0.717) is 17.5 Å². The summed E-state index contributed by atoms with van der Waals surface area (Å²) >= 11 is 1.00. The molecule has 1 aliphatic rings. The van der Waals surface area contributed by atoms with Gasteiger partial charge in [0.15, 0.2) is 0 Å². The molecular formula is C12H16N2O3S. The van der Waals surface area contributed by atoms with Gasteiger partial charge >= 0.3 is 5.97 Å².